The highest BCUT2D eigenvalue weighted by molar-refractivity contribution is 7.99. The van der Waals surface area contributed by atoms with Crippen LogP contribution in [-0.2, 0) is 11.3 Å². The van der Waals surface area contributed by atoms with Gasteiger partial charge in [-0.3, -0.25) is 18.6 Å². The first kappa shape index (κ1) is 18.4. The number of para-hydroxylation sites is 1. The SMILES string of the molecule is C=CCn1c(=O)c2ccccc2n2c(SCC(=O)Nc3nc(C)cs3)nnc12. The van der Waals surface area contributed by atoms with Crippen molar-refractivity contribution >= 4 is 50.8 Å². The van der Waals surface area contributed by atoms with E-state index in [0.29, 0.717) is 33.5 Å². The van der Waals surface area contributed by atoms with Gasteiger partial charge < -0.3 is 5.32 Å². The molecule has 0 saturated heterocycles. The number of nitrogens with one attached hydrogen (secondary N) is 1. The Hall–Kier alpha value is -2.98. The minimum atomic E-state index is -0.181. The first-order chi connectivity index (χ1) is 13.6. The second-order valence-corrected chi connectivity index (χ2v) is 7.77. The summed E-state index contributed by atoms with van der Waals surface area (Å²) in [7, 11) is 0. The van der Waals surface area contributed by atoms with Crippen LogP contribution >= 0.6 is 23.1 Å². The Balaban J connectivity index is 1.69. The Morgan fingerprint density at radius 2 is 2.18 bits per heavy atom. The Kier molecular flexibility index (Phi) is 4.97. The van der Waals surface area contributed by atoms with Crippen LogP contribution in [0.4, 0.5) is 5.13 Å². The van der Waals surface area contributed by atoms with E-state index in [-0.39, 0.29) is 17.2 Å². The molecule has 28 heavy (non-hydrogen) atoms. The number of hydrogen-bond donors (Lipinski definition) is 1. The van der Waals surface area contributed by atoms with Crippen molar-refractivity contribution in [2.24, 2.45) is 0 Å². The highest BCUT2D eigenvalue weighted by Crippen LogP contribution is 2.22. The number of thiazole rings is 1. The number of carbonyl (C=O) groups is 1. The van der Waals surface area contributed by atoms with Gasteiger partial charge in [-0.2, -0.15) is 0 Å². The number of aromatic nitrogens is 5. The largest absolute Gasteiger partial charge is 0.301 e. The average Bonchev–Trinajstić information content (AvgIpc) is 3.29. The van der Waals surface area contributed by atoms with Crippen LogP contribution in [0, 0.1) is 6.92 Å². The number of fused-ring (bicyclic) bond motifs is 3. The highest BCUT2D eigenvalue weighted by Gasteiger charge is 2.17. The number of amides is 1. The molecule has 4 aromatic rings. The Morgan fingerprint density at radius 3 is 2.93 bits per heavy atom. The topological polar surface area (TPSA) is 94.2 Å². The number of thioether (sulfide) groups is 1. The molecule has 3 aromatic heterocycles. The summed E-state index contributed by atoms with van der Waals surface area (Å²) in [6.45, 7) is 5.90. The summed E-state index contributed by atoms with van der Waals surface area (Å²) in [5.74, 6) is 0.385. The minimum Gasteiger partial charge on any atom is -0.301 e. The van der Waals surface area contributed by atoms with E-state index < -0.39 is 0 Å². The molecule has 0 aliphatic heterocycles. The lowest BCUT2D eigenvalue weighted by Crippen LogP contribution is -2.22. The summed E-state index contributed by atoms with van der Waals surface area (Å²) in [6.07, 6.45) is 1.64. The van der Waals surface area contributed by atoms with E-state index in [1.165, 1.54) is 27.7 Å². The van der Waals surface area contributed by atoms with Crippen molar-refractivity contribution in [3.63, 3.8) is 0 Å². The molecule has 1 amide bonds. The Labute approximate surface area is 167 Å². The van der Waals surface area contributed by atoms with Crippen LogP contribution in [0.25, 0.3) is 16.7 Å². The molecule has 142 valence electrons. The molecule has 0 fully saturated rings. The second kappa shape index (κ2) is 7.56. The van der Waals surface area contributed by atoms with E-state index in [1.807, 2.05) is 30.5 Å². The first-order valence-electron chi connectivity index (χ1n) is 8.41. The van der Waals surface area contributed by atoms with Crippen LogP contribution < -0.4 is 10.9 Å². The second-order valence-electron chi connectivity index (χ2n) is 5.97. The third-order valence-electron chi connectivity index (χ3n) is 3.99. The summed E-state index contributed by atoms with van der Waals surface area (Å²) >= 11 is 2.63. The van der Waals surface area contributed by atoms with E-state index in [0.717, 1.165) is 5.69 Å². The summed E-state index contributed by atoms with van der Waals surface area (Å²) < 4.78 is 3.32. The van der Waals surface area contributed by atoms with Gasteiger partial charge in [0.05, 0.1) is 22.3 Å². The third kappa shape index (κ3) is 3.32. The molecule has 1 aromatic carbocycles. The number of benzene rings is 1. The van der Waals surface area contributed by atoms with Crippen LogP contribution in [0.5, 0.6) is 0 Å². The maximum Gasteiger partial charge on any atom is 0.263 e. The van der Waals surface area contributed by atoms with Gasteiger partial charge in [0, 0.05) is 11.9 Å². The molecule has 0 aliphatic rings. The van der Waals surface area contributed by atoms with Crippen molar-refractivity contribution in [2.75, 3.05) is 11.1 Å². The van der Waals surface area contributed by atoms with Gasteiger partial charge in [0.2, 0.25) is 11.7 Å². The van der Waals surface area contributed by atoms with Crippen LogP contribution in [0.3, 0.4) is 0 Å². The number of nitrogens with zero attached hydrogens (tertiary/aromatic N) is 5. The van der Waals surface area contributed by atoms with Crippen molar-refractivity contribution in [3.8, 4) is 0 Å². The predicted octanol–water partition coefficient (Wildman–Crippen LogP) is 2.73. The smallest absolute Gasteiger partial charge is 0.263 e. The lowest BCUT2D eigenvalue weighted by atomic mass is 10.2. The normalized spacial score (nSPS) is 11.2. The van der Waals surface area contributed by atoms with Gasteiger partial charge in [0.25, 0.3) is 5.56 Å². The van der Waals surface area contributed by atoms with Crippen molar-refractivity contribution in [3.05, 3.63) is 58.3 Å². The number of aryl methyl sites for hydroxylation is 1. The van der Waals surface area contributed by atoms with Crippen molar-refractivity contribution in [2.45, 2.75) is 18.6 Å². The van der Waals surface area contributed by atoms with Gasteiger partial charge in [-0.05, 0) is 19.1 Å². The molecule has 0 aliphatic carbocycles. The molecular formula is C18H16N6O2S2. The van der Waals surface area contributed by atoms with Gasteiger partial charge in [-0.15, -0.1) is 28.1 Å². The summed E-state index contributed by atoms with van der Waals surface area (Å²) in [6, 6.07) is 7.27. The fraction of sp³-hybridized carbons (Fsp3) is 0.167. The average molecular weight is 413 g/mol. The van der Waals surface area contributed by atoms with Gasteiger partial charge in [-0.25, -0.2) is 4.98 Å². The monoisotopic (exact) mass is 412 g/mol. The number of anilines is 1. The van der Waals surface area contributed by atoms with Crippen LogP contribution in [-0.4, -0.2) is 35.8 Å². The van der Waals surface area contributed by atoms with E-state index in [4.69, 9.17) is 0 Å². The molecule has 3 heterocycles. The zero-order chi connectivity index (χ0) is 19.7. The van der Waals surface area contributed by atoms with Gasteiger partial charge in [-0.1, -0.05) is 30.0 Å². The molecule has 0 radical (unpaired) electrons. The van der Waals surface area contributed by atoms with Crippen LogP contribution in [0.15, 0.2) is 52.3 Å². The molecule has 0 bridgehead atoms. The lowest BCUT2D eigenvalue weighted by Gasteiger charge is -2.09. The van der Waals surface area contributed by atoms with Crippen molar-refractivity contribution < 1.29 is 4.79 Å². The molecule has 0 unspecified atom stereocenters. The first-order valence-corrected chi connectivity index (χ1v) is 10.3. The zero-order valence-electron chi connectivity index (χ0n) is 15.0. The Bertz CT molecular complexity index is 1260. The molecule has 8 nitrogen and oxygen atoms in total. The highest BCUT2D eigenvalue weighted by atomic mass is 32.2. The molecule has 1 N–H and O–H groups in total. The maximum absolute atomic E-state index is 12.8. The van der Waals surface area contributed by atoms with Gasteiger partial charge in [0.1, 0.15) is 0 Å². The van der Waals surface area contributed by atoms with Gasteiger partial charge >= 0.3 is 0 Å². The summed E-state index contributed by atoms with van der Waals surface area (Å²) in [4.78, 5) is 29.2. The van der Waals surface area contributed by atoms with E-state index >= 15 is 0 Å². The number of rotatable bonds is 6. The molecule has 0 spiro atoms. The quantitative estimate of drug-likeness (QED) is 0.387. The number of allylic oxidation sites excluding steroid dienone is 1. The fourth-order valence-corrected chi connectivity index (χ4v) is 4.26. The van der Waals surface area contributed by atoms with Crippen molar-refractivity contribution in [1.82, 2.24) is 24.1 Å². The maximum atomic E-state index is 12.8. The number of hydrogen-bond acceptors (Lipinski definition) is 7. The summed E-state index contributed by atoms with van der Waals surface area (Å²) in [5, 5.41) is 14.7. The fourth-order valence-electron chi connectivity index (χ4n) is 2.82. The Morgan fingerprint density at radius 1 is 1.36 bits per heavy atom. The molecule has 4 rings (SSSR count). The van der Waals surface area contributed by atoms with Crippen LogP contribution in [0.2, 0.25) is 0 Å². The van der Waals surface area contributed by atoms with E-state index in [1.54, 1.807) is 16.5 Å². The minimum absolute atomic E-state index is 0.147. The molecular weight excluding hydrogens is 396 g/mol. The van der Waals surface area contributed by atoms with E-state index in [2.05, 4.69) is 27.1 Å². The van der Waals surface area contributed by atoms with Gasteiger partial charge in [0.15, 0.2) is 10.3 Å². The summed E-state index contributed by atoms with van der Waals surface area (Å²) in [5.41, 5.74) is 1.41. The molecule has 0 saturated carbocycles. The third-order valence-corrected chi connectivity index (χ3v) is 5.79. The number of carbonyl (C=O) groups excluding carboxylic acids is 1. The predicted molar refractivity (Wildman–Crippen MR) is 111 cm³/mol. The lowest BCUT2D eigenvalue weighted by molar-refractivity contribution is -0.113. The molecule has 10 heteroatoms. The van der Waals surface area contributed by atoms with Crippen LogP contribution in [0.1, 0.15) is 5.69 Å². The molecule has 0 atom stereocenters. The van der Waals surface area contributed by atoms with Crippen molar-refractivity contribution in [1.29, 1.82) is 0 Å². The standard InChI is InChI=1S/C18H16N6O2S2/c1-3-8-23-15(26)12-6-4-5-7-13(12)24-17(23)21-22-18(24)28-10-14(25)20-16-19-11(2)9-27-16/h3-7,9H,1,8,10H2,2H3,(H,19,20,25). The van der Waals surface area contributed by atoms with E-state index in [9.17, 15) is 9.59 Å². The zero-order valence-corrected chi connectivity index (χ0v) is 16.6.